The van der Waals surface area contributed by atoms with Crippen molar-refractivity contribution in [2.24, 2.45) is 0 Å². The molecule has 0 radical (unpaired) electrons. The number of carbonyl (C=O) groups is 1. The first-order valence-corrected chi connectivity index (χ1v) is 7.33. The van der Waals surface area contributed by atoms with Crippen LogP contribution in [0.15, 0.2) is 42.5 Å². The molecule has 26 heavy (non-hydrogen) atoms. The van der Waals surface area contributed by atoms with E-state index in [4.69, 9.17) is 0 Å². The lowest BCUT2D eigenvalue weighted by atomic mass is 10.1. The summed E-state index contributed by atoms with van der Waals surface area (Å²) in [6, 6.07) is 8.43. The zero-order valence-corrected chi connectivity index (χ0v) is 13.8. The Bertz CT molecular complexity index is 791. The first kappa shape index (κ1) is 19.5. The molecule has 0 aliphatic rings. The Hall–Kier alpha value is -2.84. The van der Waals surface area contributed by atoms with Gasteiger partial charge in [-0.15, -0.1) is 0 Å². The highest BCUT2D eigenvalue weighted by atomic mass is 19.4. The van der Waals surface area contributed by atoms with Gasteiger partial charge in [-0.3, -0.25) is 4.79 Å². The third-order valence-electron chi connectivity index (χ3n) is 3.42. The molecule has 9 heteroatoms. The standard InChI is InChI=1S/C17H15F5N2O2/c1-24(2)10-7-8-13(12(9-10)17(20,21)22)23-15(25)11-5-3-4-6-14(11)26-16(18)19/h3-9,16H,1-2H3,(H,23,25). The van der Waals surface area contributed by atoms with Gasteiger partial charge < -0.3 is 15.0 Å². The fraction of sp³-hybridized carbons (Fsp3) is 0.235. The van der Waals surface area contributed by atoms with Gasteiger partial charge in [0.1, 0.15) is 5.75 Å². The van der Waals surface area contributed by atoms with Crippen molar-refractivity contribution in [2.75, 3.05) is 24.3 Å². The highest BCUT2D eigenvalue weighted by molar-refractivity contribution is 6.06. The summed E-state index contributed by atoms with van der Waals surface area (Å²) in [6.45, 7) is -3.17. The third-order valence-corrected chi connectivity index (χ3v) is 3.42. The Balaban J connectivity index is 2.38. The van der Waals surface area contributed by atoms with Crippen LogP contribution < -0.4 is 15.0 Å². The van der Waals surface area contributed by atoms with Gasteiger partial charge in [0.05, 0.1) is 16.8 Å². The number of ether oxygens (including phenoxy) is 1. The predicted octanol–water partition coefficient (Wildman–Crippen LogP) is 4.63. The molecule has 0 spiro atoms. The van der Waals surface area contributed by atoms with Crippen LogP contribution in [-0.4, -0.2) is 26.6 Å². The van der Waals surface area contributed by atoms with Crippen LogP contribution in [0.25, 0.3) is 0 Å². The first-order valence-electron chi connectivity index (χ1n) is 7.33. The van der Waals surface area contributed by atoms with Crippen molar-refractivity contribution < 1.29 is 31.5 Å². The quantitative estimate of drug-likeness (QED) is 0.777. The monoisotopic (exact) mass is 374 g/mol. The van der Waals surface area contributed by atoms with E-state index in [9.17, 15) is 26.7 Å². The average molecular weight is 374 g/mol. The van der Waals surface area contributed by atoms with E-state index in [0.717, 1.165) is 18.2 Å². The molecule has 2 rings (SSSR count). The zero-order valence-electron chi connectivity index (χ0n) is 13.8. The van der Waals surface area contributed by atoms with Crippen LogP contribution >= 0.6 is 0 Å². The van der Waals surface area contributed by atoms with E-state index in [1.54, 1.807) is 14.1 Å². The van der Waals surface area contributed by atoms with Gasteiger partial charge in [-0.2, -0.15) is 22.0 Å². The van der Waals surface area contributed by atoms with Gasteiger partial charge in [0.25, 0.3) is 5.91 Å². The van der Waals surface area contributed by atoms with Gasteiger partial charge in [-0.1, -0.05) is 12.1 Å². The van der Waals surface area contributed by atoms with E-state index in [2.05, 4.69) is 10.1 Å². The first-order chi connectivity index (χ1) is 12.1. The summed E-state index contributed by atoms with van der Waals surface area (Å²) < 4.78 is 69.0. The Labute approximate surface area is 146 Å². The van der Waals surface area contributed by atoms with Crippen molar-refractivity contribution in [2.45, 2.75) is 12.8 Å². The summed E-state index contributed by atoms with van der Waals surface area (Å²) in [5.74, 6) is -1.43. The predicted molar refractivity (Wildman–Crippen MR) is 86.8 cm³/mol. The second-order valence-corrected chi connectivity index (χ2v) is 5.45. The highest BCUT2D eigenvalue weighted by Crippen LogP contribution is 2.37. The van der Waals surface area contributed by atoms with Crippen LogP contribution in [0.2, 0.25) is 0 Å². The number of alkyl halides is 5. The van der Waals surface area contributed by atoms with Crippen molar-refractivity contribution >= 4 is 17.3 Å². The number of halogens is 5. The van der Waals surface area contributed by atoms with E-state index in [1.807, 2.05) is 0 Å². The van der Waals surface area contributed by atoms with Gasteiger partial charge in [0.2, 0.25) is 0 Å². The van der Waals surface area contributed by atoms with Crippen LogP contribution in [0, 0.1) is 0 Å². The SMILES string of the molecule is CN(C)c1ccc(NC(=O)c2ccccc2OC(F)F)c(C(F)(F)F)c1. The molecule has 0 unspecified atom stereocenters. The van der Waals surface area contributed by atoms with Gasteiger partial charge in [0, 0.05) is 19.8 Å². The number of amides is 1. The van der Waals surface area contributed by atoms with Crippen molar-refractivity contribution in [1.82, 2.24) is 0 Å². The summed E-state index contributed by atoms with van der Waals surface area (Å²) >= 11 is 0. The smallest absolute Gasteiger partial charge is 0.418 e. The topological polar surface area (TPSA) is 41.6 Å². The molecule has 0 aliphatic heterocycles. The van der Waals surface area contributed by atoms with E-state index in [0.29, 0.717) is 0 Å². The molecule has 140 valence electrons. The van der Waals surface area contributed by atoms with Crippen LogP contribution in [0.3, 0.4) is 0 Å². The molecular formula is C17H15F5N2O2. The van der Waals surface area contributed by atoms with Crippen molar-refractivity contribution in [3.8, 4) is 5.75 Å². The maximum absolute atomic E-state index is 13.3. The lowest BCUT2D eigenvalue weighted by Crippen LogP contribution is -2.19. The molecule has 2 aromatic rings. The van der Waals surface area contributed by atoms with Gasteiger partial charge in [0.15, 0.2) is 0 Å². The summed E-state index contributed by atoms with van der Waals surface area (Å²) in [7, 11) is 3.15. The number of benzene rings is 2. The molecule has 2 aromatic carbocycles. The molecule has 0 aromatic heterocycles. The molecule has 4 nitrogen and oxygen atoms in total. The molecule has 1 amide bonds. The molecule has 0 saturated carbocycles. The number of nitrogens with zero attached hydrogens (tertiary/aromatic N) is 1. The van der Waals surface area contributed by atoms with Crippen LogP contribution in [0.5, 0.6) is 5.75 Å². The number of anilines is 2. The summed E-state index contributed by atoms with van der Waals surface area (Å²) in [5.41, 5.74) is -1.56. The molecule has 0 heterocycles. The summed E-state index contributed by atoms with van der Waals surface area (Å²) in [6.07, 6.45) is -4.71. The number of hydrogen-bond acceptors (Lipinski definition) is 3. The van der Waals surface area contributed by atoms with Crippen molar-refractivity contribution in [1.29, 1.82) is 0 Å². The fourth-order valence-electron chi connectivity index (χ4n) is 2.20. The Morgan fingerprint density at radius 1 is 1.12 bits per heavy atom. The lowest BCUT2D eigenvalue weighted by Gasteiger charge is -2.19. The average Bonchev–Trinajstić information content (AvgIpc) is 2.53. The normalized spacial score (nSPS) is 11.4. The van der Waals surface area contributed by atoms with Crippen LogP contribution in [-0.2, 0) is 6.18 Å². The number of rotatable bonds is 5. The maximum atomic E-state index is 13.3. The molecular weight excluding hydrogens is 359 g/mol. The Kier molecular flexibility index (Phi) is 5.69. The summed E-state index contributed by atoms with van der Waals surface area (Å²) in [4.78, 5) is 13.8. The largest absolute Gasteiger partial charge is 0.434 e. The third kappa shape index (κ3) is 4.62. The van der Waals surface area contributed by atoms with Crippen LogP contribution in [0.4, 0.5) is 33.3 Å². The highest BCUT2D eigenvalue weighted by Gasteiger charge is 2.34. The number of carbonyl (C=O) groups excluding carboxylic acids is 1. The van der Waals surface area contributed by atoms with E-state index < -0.39 is 35.7 Å². The zero-order chi connectivity index (χ0) is 19.5. The Morgan fingerprint density at radius 3 is 2.35 bits per heavy atom. The van der Waals surface area contributed by atoms with Gasteiger partial charge in [-0.05, 0) is 30.3 Å². The number of nitrogens with one attached hydrogen (secondary N) is 1. The molecule has 0 bridgehead atoms. The number of hydrogen-bond donors (Lipinski definition) is 1. The second kappa shape index (κ2) is 7.59. The molecule has 0 saturated heterocycles. The van der Waals surface area contributed by atoms with Crippen molar-refractivity contribution in [3.63, 3.8) is 0 Å². The minimum Gasteiger partial charge on any atom is -0.434 e. The summed E-state index contributed by atoms with van der Waals surface area (Å²) in [5, 5.41) is 2.11. The van der Waals surface area contributed by atoms with Crippen molar-refractivity contribution in [3.05, 3.63) is 53.6 Å². The maximum Gasteiger partial charge on any atom is 0.418 e. The van der Waals surface area contributed by atoms with E-state index in [1.165, 1.54) is 29.2 Å². The number of para-hydroxylation sites is 1. The lowest BCUT2D eigenvalue weighted by molar-refractivity contribution is -0.136. The molecule has 0 fully saturated rings. The minimum atomic E-state index is -4.71. The molecule has 0 aliphatic carbocycles. The van der Waals surface area contributed by atoms with Crippen LogP contribution in [0.1, 0.15) is 15.9 Å². The van der Waals surface area contributed by atoms with E-state index in [-0.39, 0.29) is 11.3 Å². The van der Waals surface area contributed by atoms with Gasteiger partial charge in [-0.25, -0.2) is 0 Å². The minimum absolute atomic E-state index is 0.289. The Morgan fingerprint density at radius 2 is 1.77 bits per heavy atom. The molecule has 1 N–H and O–H groups in total. The second-order valence-electron chi connectivity index (χ2n) is 5.45. The molecule has 0 atom stereocenters. The fourth-order valence-corrected chi connectivity index (χ4v) is 2.20. The van der Waals surface area contributed by atoms with E-state index >= 15 is 0 Å². The van der Waals surface area contributed by atoms with Gasteiger partial charge >= 0.3 is 12.8 Å².